The first kappa shape index (κ1) is 9.57. The van der Waals surface area contributed by atoms with Crippen molar-refractivity contribution in [2.45, 2.75) is 0 Å². The van der Waals surface area contributed by atoms with E-state index in [4.69, 9.17) is 0 Å². The Balaban J connectivity index is 0. The minimum Gasteiger partial charge on any atom is -0.418 e. The van der Waals surface area contributed by atoms with Gasteiger partial charge in [-0.3, -0.25) is 0 Å². The zero-order valence-corrected chi connectivity index (χ0v) is 4.21. The standard InChI is InChI=1S/BF4.Se/c2-1(3,4)5;/q-1;. The molecular weight excluding hydrogens is 166 g/mol. The van der Waals surface area contributed by atoms with Crippen LogP contribution in [0, 0.1) is 0 Å². The van der Waals surface area contributed by atoms with Crippen LogP contribution in [0.2, 0.25) is 0 Å². The number of hydrogen-bond donors (Lipinski definition) is 0. The molecule has 0 fully saturated rings. The van der Waals surface area contributed by atoms with Crippen molar-refractivity contribution in [3.63, 3.8) is 0 Å². The van der Waals surface area contributed by atoms with E-state index in [1.54, 1.807) is 0 Å². The Hall–Kier alpha value is 0.304. The molecule has 0 spiro atoms. The molecule has 0 nitrogen and oxygen atoms in total. The van der Waals surface area contributed by atoms with Gasteiger partial charge in [0.15, 0.2) is 0 Å². The van der Waals surface area contributed by atoms with E-state index < -0.39 is 7.25 Å². The second-order valence-electron chi connectivity index (χ2n) is 0.495. The van der Waals surface area contributed by atoms with Crippen LogP contribution in [0.15, 0.2) is 0 Å². The minimum absolute atomic E-state index is 0. The molecule has 0 aliphatic rings. The van der Waals surface area contributed by atoms with Gasteiger partial charge in [0.2, 0.25) is 0 Å². The van der Waals surface area contributed by atoms with E-state index in [0.29, 0.717) is 0 Å². The maximum Gasteiger partial charge on any atom is 0.673 e. The van der Waals surface area contributed by atoms with Crippen molar-refractivity contribution in [1.82, 2.24) is 0 Å². The van der Waals surface area contributed by atoms with Crippen molar-refractivity contribution >= 4 is 24.3 Å². The van der Waals surface area contributed by atoms with Gasteiger partial charge < -0.3 is 17.3 Å². The average Bonchev–Trinajstić information content (AvgIpc) is 0.722. The summed E-state index contributed by atoms with van der Waals surface area (Å²) in [4.78, 5) is 0. The summed E-state index contributed by atoms with van der Waals surface area (Å²) in [5, 5.41) is 0. The van der Waals surface area contributed by atoms with Gasteiger partial charge in [-0.25, -0.2) is 0 Å². The molecule has 0 aromatic carbocycles. The Kier molecular flexibility index (Phi) is 3.95. The third-order valence-electron chi connectivity index (χ3n) is 0. The van der Waals surface area contributed by atoms with Crippen LogP contribution in [0.25, 0.3) is 0 Å². The van der Waals surface area contributed by atoms with Crippen LogP contribution >= 0.6 is 0 Å². The average molecular weight is 166 g/mol. The quantitative estimate of drug-likeness (QED) is 0.370. The van der Waals surface area contributed by atoms with Crippen LogP contribution in [-0.4, -0.2) is 24.3 Å². The van der Waals surface area contributed by atoms with Gasteiger partial charge in [-0.15, -0.1) is 0 Å². The van der Waals surface area contributed by atoms with Crippen molar-refractivity contribution < 1.29 is 17.3 Å². The fourth-order valence-electron chi connectivity index (χ4n) is 0. The van der Waals surface area contributed by atoms with Crippen molar-refractivity contribution in [2.24, 2.45) is 0 Å². The molecule has 38 valence electrons. The summed E-state index contributed by atoms with van der Waals surface area (Å²) < 4.78 is 39.0. The second-order valence-corrected chi connectivity index (χ2v) is 0.495. The fraction of sp³-hybridized carbons (Fsp3) is 0. The van der Waals surface area contributed by atoms with Crippen LogP contribution in [0.4, 0.5) is 17.3 Å². The van der Waals surface area contributed by atoms with Crippen LogP contribution in [-0.2, 0) is 0 Å². The molecule has 6 heteroatoms. The molecular formula is BF4Se-. The zero-order chi connectivity index (χ0) is 4.50. The monoisotopic (exact) mass is 167 g/mol. The molecule has 0 aliphatic carbocycles. The Bertz CT molecular complexity index is 23.0. The third kappa shape index (κ3) is 507. The van der Waals surface area contributed by atoms with Gasteiger partial charge in [0, 0.05) is 17.1 Å². The number of rotatable bonds is 0. The zero-order valence-electron chi connectivity index (χ0n) is 2.50. The molecule has 0 N–H and O–H groups in total. The summed E-state index contributed by atoms with van der Waals surface area (Å²) in [6.45, 7) is 0. The van der Waals surface area contributed by atoms with Crippen LogP contribution in [0.3, 0.4) is 0 Å². The van der Waals surface area contributed by atoms with Gasteiger partial charge in [-0.05, 0) is 0 Å². The first-order valence-electron chi connectivity index (χ1n) is 0.873. The first-order chi connectivity index (χ1) is 2.00. The summed E-state index contributed by atoms with van der Waals surface area (Å²) in [6, 6.07) is 0. The van der Waals surface area contributed by atoms with Crippen molar-refractivity contribution in [3.8, 4) is 0 Å². The molecule has 2 radical (unpaired) electrons. The topological polar surface area (TPSA) is 0 Å². The smallest absolute Gasteiger partial charge is 0.418 e. The van der Waals surface area contributed by atoms with E-state index in [-0.39, 0.29) is 17.1 Å². The Labute approximate surface area is 42.5 Å². The molecule has 0 rings (SSSR count). The molecule has 0 heterocycles. The molecule has 0 aliphatic heterocycles. The summed E-state index contributed by atoms with van der Waals surface area (Å²) >= 11 is 0. The molecule has 0 amide bonds. The van der Waals surface area contributed by atoms with Gasteiger partial charge in [0.05, 0.1) is 0 Å². The molecule has 0 saturated heterocycles. The van der Waals surface area contributed by atoms with Gasteiger partial charge in [0.25, 0.3) is 0 Å². The molecule has 0 aromatic heterocycles. The molecule has 6 heavy (non-hydrogen) atoms. The molecule has 0 unspecified atom stereocenters. The first-order valence-corrected chi connectivity index (χ1v) is 0.873. The van der Waals surface area contributed by atoms with Crippen LogP contribution in [0.5, 0.6) is 0 Å². The summed E-state index contributed by atoms with van der Waals surface area (Å²) in [5.41, 5.74) is 0. The van der Waals surface area contributed by atoms with Crippen molar-refractivity contribution in [3.05, 3.63) is 0 Å². The van der Waals surface area contributed by atoms with Gasteiger partial charge >= 0.3 is 7.25 Å². The van der Waals surface area contributed by atoms with Crippen LogP contribution in [0.1, 0.15) is 0 Å². The molecule has 0 atom stereocenters. The Morgan fingerprint density at radius 2 is 0.833 bits per heavy atom. The maximum absolute atomic E-state index is 9.75. The summed E-state index contributed by atoms with van der Waals surface area (Å²) in [5.74, 6) is 0. The fourth-order valence-corrected chi connectivity index (χ4v) is 0. The van der Waals surface area contributed by atoms with E-state index in [1.165, 1.54) is 0 Å². The maximum atomic E-state index is 9.75. The normalized spacial score (nSPS) is 10.0. The Morgan fingerprint density at radius 3 is 0.833 bits per heavy atom. The molecule has 0 bridgehead atoms. The summed E-state index contributed by atoms with van der Waals surface area (Å²) in [7, 11) is -6.00. The van der Waals surface area contributed by atoms with E-state index in [9.17, 15) is 17.3 Å². The SMILES string of the molecule is F[B-](F)(F)F.[Se]. The van der Waals surface area contributed by atoms with E-state index >= 15 is 0 Å². The third-order valence-corrected chi connectivity index (χ3v) is 0. The largest absolute Gasteiger partial charge is 0.673 e. The van der Waals surface area contributed by atoms with E-state index in [2.05, 4.69) is 0 Å². The van der Waals surface area contributed by atoms with Gasteiger partial charge in [-0.1, -0.05) is 0 Å². The number of halogens is 4. The predicted molar refractivity (Wildman–Crippen MR) is 15.9 cm³/mol. The summed E-state index contributed by atoms with van der Waals surface area (Å²) in [6.07, 6.45) is 0. The number of hydrogen-bond acceptors (Lipinski definition) is 0. The molecule has 0 saturated carbocycles. The Morgan fingerprint density at radius 1 is 0.833 bits per heavy atom. The van der Waals surface area contributed by atoms with E-state index in [0.717, 1.165) is 0 Å². The second kappa shape index (κ2) is 2.47. The van der Waals surface area contributed by atoms with Crippen molar-refractivity contribution in [2.75, 3.05) is 0 Å². The predicted octanol–water partition coefficient (Wildman–Crippen LogP) is 0.919. The minimum atomic E-state index is -6.00. The van der Waals surface area contributed by atoms with E-state index in [1.807, 2.05) is 0 Å². The van der Waals surface area contributed by atoms with Crippen molar-refractivity contribution in [1.29, 1.82) is 0 Å². The molecule has 0 aromatic rings. The van der Waals surface area contributed by atoms with Gasteiger partial charge in [-0.2, -0.15) is 0 Å². The van der Waals surface area contributed by atoms with Gasteiger partial charge in [0.1, 0.15) is 0 Å². The van der Waals surface area contributed by atoms with Crippen LogP contribution < -0.4 is 0 Å².